The average Bonchev–Trinajstić information content (AvgIpc) is 2.91. The third-order valence-corrected chi connectivity index (χ3v) is 5.54. The van der Waals surface area contributed by atoms with Crippen molar-refractivity contribution in [3.05, 3.63) is 29.8 Å². The number of ether oxygens (including phenoxy) is 2. The Kier molecular flexibility index (Phi) is 5.37. The first kappa shape index (κ1) is 19.6. The van der Waals surface area contributed by atoms with Crippen LogP contribution < -0.4 is 10.5 Å². The van der Waals surface area contributed by atoms with E-state index in [1.807, 2.05) is 12.1 Å². The molecule has 0 bridgehead atoms. The Morgan fingerprint density at radius 3 is 2.28 bits per heavy atom. The number of hydrogen-bond donors (Lipinski definition) is 1. The van der Waals surface area contributed by atoms with Gasteiger partial charge in [0.15, 0.2) is 5.94 Å². The Morgan fingerprint density at radius 1 is 1.20 bits per heavy atom. The van der Waals surface area contributed by atoms with Gasteiger partial charge in [-0.1, -0.05) is 46.8 Å². The van der Waals surface area contributed by atoms with Crippen molar-refractivity contribution < 1.29 is 17.9 Å². The fourth-order valence-corrected chi connectivity index (χ4v) is 4.22. The summed E-state index contributed by atoms with van der Waals surface area (Å²) in [5.41, 5.74) is 5.73. The van der Waals surface area contributed by atoms with E-state index in [1.165, 1.54) is 5.56 Å². The third-order valence-electron chi connectivity index (χ3n) is 4.05. The van der Waals surface area contributed by atoms with Gasteiger partial charge in [0, 0.05) is 0 Å². The maximum absolute atomic E-state index is 12.2. The fraction of sp³-hybridized carbons (Fsp3) is 0.611. The minimum atomic E-state index is -3.59. The van der Waals surface area contributed by atoms with Gasteiger partial charge in [0.05, 0.1) is 6.54 Å². The van der Waals surface area contributed by atoms with Gasteiger partial charge in [-0.15, -0.1) is 0 Å². The van der Waals surface area contributed by atoms with Crippen molar-refractivity contribution in [2.75, 3.05) is 12.5 Å². The molecule has 1 aliphatic rings. The summed E-state index contributed by atoms with van der Waals surface area (Å²) in [6.45, 7) is 11.1. The smallest absolute Gasteiger partial charge is 0.283 e. The van der Waals surface area contributed by atoms with E-state index in [1.54, 1.807) is 12.1 Å². The van der Waals surface area contributed by atoms with E-state index < -0.39 is 21.2 Å². The Balaban J connectivity index is 1.99. The van der Waals surface area contributed by atoms with Crippen molar-refractivity contribution in [1.82, 2.24) is 0 Å². The number of hydrogen-bond acceptors (Lipinski definition) is 6. The molecule has 6 nitrogen and oxygen atoms in total. The van der Waals surface area contributed by atoms with E-state index in [0.29, 0.717) is 5.75 Å². The molecule has 2 rings (SSSR count). The van der Waals surface area contributed by atoms with Crippen LogP contribution in [0.2, 0.25) is 0 Å². The molecule has 7 heteroatoms. The molecule has 1 atom stereocenters. The summed E-state index contributed by atoms with van der Waals surface area (Å²) in [4.78, 5) is 3.74. The number of aliphatic imine (C=N–C) groups is 1. The summed E-state index contributed by atoms with van der Waals surface area (Å²) in [6, 6.07) is 7.48. The van der Waals surface area contributed by atoms with E-state index in [2.05, 4.69) is 39.6 Å². The van der Waals surface area contributed by atoms with Crippen molar-refractivity contribution in [2.24, 2.45) is 16.1 Å². The minimum absolute atomic E-state index is 0.0114. The van der Waals surface area contributed by atoms with Gasteiger partial charge in [0.25, 0.3) is 6.02 Å². The Labute approximate surface area is 150 Å². The highest BCUT2D eigenvalue weighted by atomic mass is 32.2. The van der Waals surface area contributed by atoms with Gasteiger partial charge < -0.3 is 15.2 Å². The molecule has 0 radical (unpaired) electrons. The van der Waals surface area contributed by atoms with E-state index in [-0.39, 0.29) is 23.4 Å². The maximum Gasteiger partial charge on any atom is 0.283 e. The average molecular weight is 368 g/mol. The second-order valence-corrected chi connectivity index (χ2v) is 10.4. The van der Waals surface area contributed by atoms with Gasteiger partial charge in [-0.2, -0.15) is 0 Å². The van der Waals surface area contributed by atoms with Crippen molar-refractivity contribution in [3.63, 3.8) is 0 Å². The van der Waals surface area contributed by atoms with Gasteiger partial charge >= 0.3 is 0 Å². The molecule has 0 saturated heterocycles. The number of amidine groups is 1. The first-order valence-corrected chi connectivity index (χ1v) is 10.0. The highest BCUT2D eigenvalue weighted by Gasteiger charge is 2.32. The molecule has 0 unspecified atom stereocenters. The van der Waals surface area contributed by atoms with Crippen LogP contribution >= 0.6 is 0 Å². The molecule has 2 N–H and O–H groups in total. The predicted molar refractivity (Wildman–Crippen MR) is 99.3 cm³/mol. The zero-order valence-corrected chi connectivity index (χ0v) is 16.4. The molecular formula is C18H28N2O4S. The van der Waals surface area contributed by atoms with E-state index >= 15 is 0 Å². The lowest BCUT2D eigenvalue weighted by Crippen LogP contribution is -2.30. The van der Waals surface area contributed by atoms with Crippen LogP contribution in [0.25, 0.3) is 0 Å². The van der Waals surface area contributed by atoms with E-state index in [4.69, 9.17) is 15.2 Å². The summed E-state index contributed by atoms with van der Waals surface area (Å²) in [6.07, 6.45) is 1.04. The summed E-state index contributed by atoms with van der Waals surface area (Å²) < 4.78 is 34.7. The summed E-state index contributed by atoms with van der Waals surface area (Å²) in [5.74, 6) is 0.0383. The van der Waals surface area contributed by atoms with Crippen molar-refractivity contribution >= 4 is 15.9 Å². The molecule has 1 heterocycles. The lowest BCUT2D eigenvalue weighted by Gasteiger charge is -2.33. The molecule has 25 heavy (non-hydrogen) atoms. The number of sulfone groups is 1. The summed E-state index contributed by atoms with van der Waals surface area (Å²) in [5, 5.41) is 0. The van der Waals surface area contributed by atoms with Gasteiger partial charge in [-0.3, -0.25) is 0 Å². The van der Waals surface area contributed by atoms with Crippen molar-refractivity contribution in [2.45, 2.75) is 51.9 Å². The monoisotopic (exact) mass is 368 g/mol. The molecule has 0 amide bonds. The molecule has 1 aromatic carbocycles. The van der Waals surface area contributed by atoms with E-state index in [9.17, 15) is 8.42 Å². The quantitative estimate of drug-likeness (QED) is 0.834. The molecule has 0 fully saturated rings. The van der Waals surface area contributed by atoms with Crippen LogP contribution in [0.5, 0.6) is 5.75 Å². The standard InChI is InChI=1S/C18H28N2O4S/c1-17(2,3)11-18(4,5)13-6-8-14(9-7-13)23-12-25(21,22)15-10-20-16(19)24-15/h6-9,15H,10-12H2,1-5H3,(H2,19,20)/t15-/m0/s1. The first-order valence-electron chi connectivity index (χ1n) is 8.31. The molecule has 0 saturated carbocycles. The lowest BCUT2D eigenvalue weighted by molar-refractivity contribution is 0.282. The van der Waals surface area contributed by atoms with Gasteiger partial charge in [0.2, 0.25) is 15.3 Å². The van der Waals surface area contributed by atoms with Crippen LogP contribution in [-0.2, 0) is 20.0 Å². The SMILES string of the molecule is CC(C)(C)CC(C)(C)c1ccc(OCS(=O)(=O)[C@H]2CN=C(N)O2)cc1. The minimum Gasteiger partial charge on any atom is -0.478 e. The molecular weight excluding hydrogens is 340 g/mol. The normalized spacial score (nSPS) is 18.6. The molecule has 1 aromatic rings. The second kappa shape index (κ2) is 6.86. The predicted octanol–water partition coefficient (Wildman–Crippen LogP) is 2.82. The highest BCUT2D eigenvalue weighted by Crippen LogP contribution is 2.36. The van der Waals surface area contributed by atoms with Crippen LogP contribution in [0.4, 0.5) is 0 Å². The largest absolute Gasteiger partial charge is 0.478 e. The van der Waals surface area contributed by atoms with Crippen molar-refractivity contribution in [3.8, 4) is 5.75 Å². The number of benzene rings is 1. The molecule has 0 aromatic heterocycles. The zero-order chi connectivity index (χ0) is 18.9. The number of nitrogens with zero attached hydrogens (tertiary/aromatic N) is 1. The molecule has 1 aliphatic heterocycles. The van der Waals surface area contributed by atoms with Crippen LogP contribution in [-0.4, -0.2) is 32.4 Å². The molecule has 0 aliphatic carbocycles. The van der Waals surface area contributed by atoms with Crippen LogP contribution in [0.15, 0.2) is 29.3 Å². The topological polar surface area (TPSA) is 91.0 Å². The fourth-order valence-electron chi connectivity index (χ4n) is 3.22. The Bertz CT molecular complexity index is 731. The van der Waals surface area contributed by atoms with Crippen LogP contribution in [0.3, 0.4) is 0 Å². The van der Waals surface area contributed by atoms with Gasteiger partial charge in [0.1, 0.15) is 5.75 Å². The first-order chi connectivity index (χ1) is 11.4. The maximum atomic E-state index is 12.2. The third kappa shape index (κ3) is 5.36. The van der Waals surface area contributed by atoms with Gasteiger partial charge in [-0.25, -0.2) is 13.4 Å². The van der Waals surface area contributed by atoms with Crippen LogP contribution in [0, 0.1) is 5.41 Å². The molecule has 0 spiro atoms. The number of rotatable bonds is 6. The van der Waals surface area contributed by atoms with Crippen LogP contribution in [0.1, 0.15) is 46.6 Å². The molecule has 140 valence electrons. The summed E-state index contributed by atoms with van der Waals surface area (Å²) in [7, 11) is -3.59. The second-order valence-electron chi connectivity index (χ2n) is 8.30. The number of nitrogens with two attached hydrogens (primary N) is 1. The highest BCUT2D eigenvalue weighted by molar-refractivity contribution is 7.91. The van der Waals surface area contributed by atoms with E-state index in [0.717, 1.165) is 6.42 Å². The lowest BCUT2D eigenvalue weighted by atomic mass is 9.72. The van der Waals surface area contributed by atoms with Gasteiger partial charge in [-0.05, 0) is 34.9 Å². The zero-order valence-electron chi connectivity index (χ0n) is 15.6. The Morgan fingerprint density at radius 2 is 1.80 bits per heavy atom. The summed E-state index contributed by atoms with van der Waals surface area (Å²) >= 11 is 0. The Hall–Kier alpha value is -1.76. The van der Waals surface area contributed by atoms with Crippen molar-refractivity contribution in [1.29, 1.82) is 0 Å².